The largest absolute Gasteiger partial charge is 0.360 e. The number of amides is 3. The molecule has 42 heavy (non-hydrogen) atoms. The summed E-state index contributed by atoms with van der Waals surface area (Å²) in [5.41, 5.74) is 1.93. The molecule has 210 valence electrons. The second-order valence-electron chi connectivity index (χ2n) is 9.09. The highest BCUT2D eigenvalue weighted by Gasteiger charge is 2.23. The van der Waals surface area contributed by atoms with E-state index in [0.29, 0.717) is 22.8 Å². The van der Waals surface area contributed by atoms with Gasteiger partial charge in [0.15, 0.2) is 5.82 Å². The Morgan fingerprint density at radius 3 is 2.24 bits per heavy atom. The lowest BCUT2D eigenvalue weighted by atomic mass is 10.1. The van der Waals surface area contributed by atoms with Gasteiger partial charge in [0.2, 0.25) is 5.91 Å². The van der Waals surface area contributed by atoms with E-state index < -0.39 is 11.2 Å². The number of nitrogens with zero attached hydrogens (tertiary/aromatic N) is 1. The van der Waals surface area contributed by atoms with Gasteiger partial charge in [-0.25, -0.2) is 0 Å². The SMILES string of the molecule is Cc1cc(NC(=O)C(Sc2ccc(NC(=O)/C(=C/c3cccs3)NC(=O)c3ccccc3)cc2)c2ccccc2)no1. The van der Waals surface area contributed by atoms with Gasteiger partial charge in [0, 0.05) is 27.1 Å². The molecule has 3 aromatic carbocycles. The molecule has 3 N–H and O–H groups in total. The third-order valence-corrected chi connectivity index (χ3v) is 8.03. The molecule has 5 aromatic rings. The van der Waals surface area contributed by atoms with E-state index in [0.717, 1.165) is 15.3 Å². The van der Waals surface area contributed by atoms with Gasteiger partial charge in [0.25, 0.3) is 11.8 Å². The Morgan fingerprint density at radius 2 is 1.60 bits per heavy atom. The maximum Gasteiger partial charge on any atom is 0.272 e. The van der Waals surface area contributed by atoms with Gasteiger partial charge in [-0.2, -0.15) is 0 Å². The van der Waals surface area contributed by atoms with Crippen LogP contribution in [0.2, 0.25) is 0 Å². The molecule has 3 amide bonds. The van der Waals surface area contributed by atoms with Crippen LogP contribution in [0.5, 0.6) is 0 Å². The normalized spacial score (nSPS) is 11.9. The molecule has 5 rings (SSSR count). The number of thioether (sulfide) groups is 1. The van der Waals surface area contributed by atoms with Gasteiger partial charge in [0.05, 0.1) is 0 Å². The van der Waals surface area contributed by atoms with Crippen molar-refractivity contribution in [3.05, 3.63) is 136 Å². The van der Waals surface area contributed by atoms with Crippen molar-refractivity contribution in [1.82, 2.24) is 10.5 Å². The number of hydrogen-bond acceptors (Lipinski definition) is 7. The van der Waals surface area contributed by atoms with Crippen molar-refractivity contribution < 1.29 is 18.9 Å². The Bertz CT molecular complexity index is 1680. The van der Waals surface area contributed by atoms with Crippen LogP contribution in [0.15, 0.2) is 124 Å². The number of hydrogen-bond donors (Lipinski definition) is 3. The predicted molar refractivity (Wildman–Crippen MR) is 166 cm³/mol. The quantitative estimate of drug-likeness (QED) is 0.119. The average molecular weight is 595 g/mol. The summed E-state index contributed by atoms with van der Waals surface area (Å²) in [4.78, 5) is 40.9. The Labute approximate surface area is 250 Å². The van der Waals surface area contributed by atoms with E-state index >= 15 is 0 Å². The summed E-state index contributed by atoms with van der Waals surface area (Å²) in [7, 11) is 0. The fraction of sp³-hybridized carbons (Fsp3) is 0.0625. The van der Waals surface area contributed by atoms with Crippen LogP contribution in [0.1, 0.15) is 31.8 Å². The Hall–Kier alpha value is -4.93. The summed E-state index contributed by atoms with van der Waals surface area (Å²) in [5, 5.41) is 13.6. The Balaban J connectivity index is 1.30. The van der Waals surface area contributed by atoms with Crippen LogP contribution in [-0.4, -0.2) is 22.9 Å². The van der Waals surface area contributed by atoms with E-state index in [1.807, 2.05) is 66.0 Å². The molecule has 0 fully saturated rings. The van der Waals surface area contributed by atoms with Crippen molar-refractivity contribution >= 4 is 58.4 Å². The summed E-state index contributed by atoms with van der Waals surface area (Å²) in [6.07, 6.45) is 1.64. The third-order valence-electron chi connectivity index (χ3n) is 5.94. The molecule has 0 spiro atoms. The minimum atomic E-state index is -0.558. The van der Waals surface area contributed by atoms with Crippen LogP contribution < -0.4 is 16.0 Å². The molecular weight excluding hydrogens is 569 g/mol. The molecule has 0 aliphatic carbocycles. The number of carbonyl (C=O) groups is 3. The molecule has 2 heterocycles. The molecule has 0 saturated carbocycles. The Kier molecular flexibility index (Phi) is 9.27. The number of benzene rings is 3. The number of rotatable bonds is 10. The van der Waals surface area contributed by atoms with E-state index in [2.05, 4.69) is 21.1 Å². The van der Waals surface area contributed by atoms with Crippen LogP contribution in [0.3, 0.4) is 0 Å². The molecular formula is C32H26N4O4S2. The molecule has 10 heteroatoms. The Morgan fingerprint density at radius 1 is 0.881 bits per heavy atom. The molecule has 0 bridgehead atoms. The smallest absolute Gasteiger partial charge is 0.272 e. The zero-order chi connectivity index (χ0) is 29.3. The molecule has 0 radical (unpaired) electrons. The van der Waals surface area contributed by atoms with Crippen molar-refractivity contribution in [1.29, 1.82) is 0 Å². The number of aryl methyl sites for hydroxylation is 1. The zero-order valence-electron chi connectivity index (χ0n) is 22.4. The summed E-state index contributed by atoms with van der Waals surface area (Å²) in [5.74, 6) is -0.138. The van der Waals surface area contributed by atoms with Crippen LogP contribution in [0.25, 0.3) is 6.08 Å². The minimum absolute atomic E-state index is 0.119. The van der Waals surface area contributed by atoms with Gasteiger partial charge in [-0.15, -0.1) is 23.1 Å². The highest BCUT2D eigenvalue weighted by molar-refractivity contribution is 8.00. The topological polar surface area (TPSA) is 113 Å². The number of anilines is 2. The molecule has 0 aliphatic heterocycles. The standard InChI is InChI=1S/C32H26N4O4S2/c1-21-19-28(36-40-21)35-32(39)29(22-9-4-2-5-10-22)42-25-16-14-24(15-17-25)33-31(38)27(20-26-13-8-18-41-26)34-30(37)23-11-6-3-7-12-23/h2-20,29H,1H3,(H,33,38)(H,34,37)(H,35,36,39)/b27-20-. The second kappa shape index (κ2) is 13.6. The number of nitrogens with one attached hydrogen (secondary N) is 3. The van der Waals surface area contributed by atoms with Crippen LogP contribution in [0.4, 0.5) is 11.5 Å². The molecule has 1 atom stereocenters. The van der Waals surface area contributed by atoms with Crippen LogP contribution in [0, 0.1) is 6.92 Å². The third kappa shape index (κ3) is 7.62. The highest BCUT2D eigenvalue weighted by atomic mass is 32.2. The fourth-order valence-corrected chi connectivity index (χ4v) is 5.61. The van der Waals surface area contributed by atoms with E-state index in [4.69, 9.17) is 4.52 Å². The maximum atomic E-state index is 13.3. The van der Waals surface area contributed by atoms with Crippen molar-refractivity contribution in [3.8, 4) is 0 Å². The maximum absolute atomic E-state index is 13.3. The molecule has 1 unspecified atom stereocenters. The van der Waals surface area contributed by atoms with Gasteiger partial charge in [-0.3, -0.25) is 14.4 Å². The summed E-state index contributed by atoms with van der Waals surface area (Å²) in [6, 6.07) is 30.7. The first kappa shape index (κ1) is 28.6. The monoisotopic (exact) mass is 594 g/mol. The summed E-state index contributed by atoms with van der Waals surface area (Å²) < 4.78 is 5.07. The first-order chi connectivity index (χ1) is 20.4. The number of aromatic nitrogens is 1. The van der Waals surface area contributed by atoms with Crippen molar-refractivity contribution in [2.24, 2.45) is 0 Å². The van der Waals surface area contributed by atoms with E-state index in [-0.39, 0.29) is 17.5 Å². The zero-order valence-corrected chi connectivity index (χ0v) is 24.1. The lowest BCUT2D eigenvalue weighted by molar-refractivity contribution is -0.116. The van der Waals surface area contributed by atoms with Crippen molar-refractivity contribution in [2.45, 2.75) is 17.1 Å². The van der Waals surface area contributed by atoms with Gasteiger partial charge >= 0.3 is 0 Å². The summed E-state index contributed by atoms with van der Waals surface area (Å²) >= 11 is 2.82. The van der Waals surface area contributed by atoms with E-state index in [9.17, 15) is 14.4 Å². The first-order valence-electron chi connectivity index (χ1n) is 12.9. The van der Waals surface area contributed by atoms with Gasteiger partial charge in [0.1, 0.15) is 16.7 Å². The van der Waals surface area contributed by atoms with Gasteiger partial charge in [-0.1, -0.05) is 59.8 Å². The minimum Gasteiger partial charge on any atom is -0.360 e. The van der Waals surface area contributed by atoms with Crippen molar-refractivity contribution in [3.63, 3.8) is 0 Å². The average Bonchev–Trinajstić information content (AvgIpc) is 3.68. The van der Waals surface area contributed by atoms with Crippen LogP contribution >= 0.6 is 23.1 Å². The lowest BCUT2D eigenvalue weighted by Crippen LogP contribution is -2.30. The lowest BCUT2D eigenvalue weighted by Gasteiger charge is -2.16. The van der Waals surface area contributed by atoms with E-state index in [1.165, 1.54) is 23.1 Å². The molecule has 8 nitrogen and oxygen atoms in total. The molecule has 0 aliphatic rings. The second-order valence-corrected chi connectivity index (χ2v) is 11.3. The van der Waals surface area contributed by atoms with Gasteiger partial charge < -0.3 is 20.5 Å². The van der Waals surface area contributed by atoms with E-state index in [1.54, 1.807) is 55.5 Å². The number of thiophene rings is 1. The first-order valence-corrected chi connectivity index (χ1v) is 14.7. The van der Waals surface area contributed by atoms with Crippen molar-refractivity contribution in [2.75, 3.05) is 10.6 Å². The molecule has 2 aromatic heterocycles. The highest BCUT2D eigenvalue weighted by Crippen LogP contribution is 2.36. The number of carbonyl (C=O) groups excluding carboxylic acids is 3. The predicted octanol–water partition coefficient (Wildman–Crippen LogP) is 6.93. The summed E-state index contributed by atoms with van der Waals surface area (Å²) in [6.45, 7) is 1.75. The van der Waals surface area contributed by atoms with Crippen LogP contribution in [-0.2, 0) is 9.59 Å². The molecule has 0 saturated heterocycles. The van der Waals surface area contributed by atoms with Gasteiger partial charge in [-0.05, 0) is 66.4 Å². The fourth-order valence-electron chi connectivity index (χ4n) is 3.93.